The molecule has 0 saturated carbocycles. The Hall–Kier alpha value is -1.39. The molecular weight excluding hydrogens is 300 g/mol. The molecule has 2 heterocycles. The van der Waals surface area contributed by atoms with E-state index in [4.69, 9.17) is 0 Å². The van der Waals surface area contributed by atoms with Crippen molar-refractivity contribution in [2.45, 2.75) is 51.6 Å². The van der Waals surface area contributed by atoms with Crippen molar-refractivity contribution < 1.29 is 9.90 Å². The second-order valence-electron chi connectivity index (χ2n) is 7.80. The topological polar surface area (TPSA) is 43.8 Å². The summed E-state index contributed by atoms with van der Waals surface area (Å²) in [6, 6.07) is 10.4. The number of aliphatic hydroxyl groups excluding tert-OH is 1. The summed E-state index contributed by atoms with van der Waals surface area (Å²) in [6.45, 7) is 5.63. The zero-order valence-electron chi connectivity index (χ0n) is 14.8. The molecule has 132 valence electrons. The first kappa shape index (κ1) is 17.4. The molecule has 2 aliphatic rings. The van der Waals surface area contributed by atoms with Crippen LogP contribution in [-0.2, 0) is 11.3 Å². The fourth-order valence-electron chi connectivity index (χ4n) is 4.12. The minimum atomic E-state index is -0.132. The van der Waals surface area contributed by atoms with Crippen molar-refractivity contribution in [3.8, 4) is 0 Å². The van der Waals surface area contributed by atoms with Crippen LogP contribution < -0.4 is 0 Å². The minimum absolute atomic E-state index is 0.000000945. The molecule has 0 aromatic heterocycles. The van der Waals surface area contributed by atoms with E-state index >= 15 is 0 Å². The maximum atomic E-state index is 13.2. The number of rotatable bonds is 4. The van der Waals surface area contributed by atoms with Crippen LogP contribution in [0, 0.1) is 5.41 Å². The van der Waals surface area contributed by atoms with E-state index in [0.717, 1.165) is 45.3 Å². The maximum Gasteiger partial charge on any atom is 0.239 e. The van der Waals surface area contributed by atoms with E-state index < -0.39 is 0 Å². The minimum Gasteiger partial charge on any atom is -0.396 e. The highest BCUT2D eigenvalue weighted by atomic mass is 16.3. The molecule has 2 saturated heterocycles. The Balaban J connectivity index is 1.69. The third kappa shape index (κ3) is 3.98. The van der Waals surface area contributed by atoms with Crippen LogP contribution in [0.5, 0.6) is 0 Å². The van der Waals surface area contributed by atoms with E-state index in [9.17, 15) is 9.90 Å². The highest BCUT2D eigenvalue weighted by Gasteiger charge is 2.37. The first-order valence-corrected chi connectivity index (χ1v) is 9.29. The number of hydrogen-bond acceptors (Lipinski definition) is 3. The van der Waals surface area contributed by atoms with Gasteiger partial charge in [-0.2, -0.15) is 0 Å². The average Bonchev–Trinajstić information content (AvgIpc) is 2.62. The standard InChI is InChI=1S/C20H30N2O2/c1-20(16-23)11-7-13-22(15-20)19(24)18-10-5-6-12-21(18)14-17-8-3-2-4-9-17/h2-4,8-9,18,23H,5-7,10-16H2,1H3. The molecule has 1 aromatic rings. The molecule has 24 heavy (non-hydrogen) atoms. The summed E-state index contributed by atoms with van der Waals surface area (Å²) in [5.41, 5.74) is 1.14. The molecule has 2 atom stereocenters. The van der Waals surface area contributed by atoms with Gasteiger partial charge in [-0.1, -0.05) is 43.7 Å². The van der Waals surface area contributed by atoms with Gasteiger partial charge in [0.05, 0.1) is 12.6 Å². The first-order chi connectivity index (χ1) is 11.6. The Morgan fingerprint density at radius 3 is 2.75 bits per heavy atom. The molecule has 4 nitrogen and oxygen atoms in total. The lowest BCUT2D eigenvalue weighted by Crippen LogP contribution is -2.54. The van der Waals surface area contributed by atoms with E-state index in [2.05, 4.69) is 36.1 Å². The third-order valence-electron chi connectivity index (χ3n) is 5.60. The Kier molecular flexibility index (Phi) is 5.57. The van der Waals surface area contributed by atoms with Gasteiger partial charge in [0.25, 0.3) is 0 Å². The monoisotopic (exact) mass is 330 g/mol. The van der Waals surface area contributed by atoms with Gasteiger partial charge in [0.15, 0.2) is 0 Å². The van der Waals surface area contributed by atoms with Crippen LogP contribution in [0.1, 0.15) is 44.6 Å². The lowest BCUT2D eigenvalue weighted by molar-refractivity contribution is -0.142. The fourth-order valence-corrected chi connectivity index (χ4v) is 4.12. The van der Waals surface area contributed by atoms with Crippen LogP contribution in [0.3, 0.4) is 0 Å². The highest BCUT2D eigenvalue weighted by molar-refractivity contribution is 5.82. The lowest BCUT2D eigenvalue weighted by atomic mass is 9.82. The average molecular weight is 330 g/mol. The molecule has 0 bridgehead atoms. The second-order valence-corrected chi connectivity index (χ2v) is 7.80. The van der Waals surface area contributed by atoms with Gasteiger partial charge in [-0.15, -0.1) is 0 Å². The van der Waals surface area contributed by atoms with Crippen LogP contribution in [0.4, 0.5) is 0 Å². The van der Waals surface area contributed by atoms with Crippen molar-refractivity contribution in [3.05, 3.63) is 35.9 Å². The summed E-state index contributed by atoms with van der Waals surface area (Å²) in [7, 11) is 0. The number of likely N-dealkylation sites (tertiary alicyclic amines) is 2. The molecule has 0 radical (unpaired) electrons. The zero-order valence-corrected chi connectivity index (χ0v) is 14.8. The number of benzene rings is 1. The largest absolute Gasteiger partial charge is 0.396 e. The van der Waals surface area contributed by atoms with Gasteiger partial charge in [0.1, 0.15) is 0 Å². The lowest BCUT2D eigenvalue weighted by Gasteiger charge is -2.43. The number of carbonyl (C=O) groups is 1. The molecule has 1 aromatic carbocycles. The van der Waals surface area contributed by atoms with Crippen molar-refractivity contribution in [2.75, 3.05) is 26.2 Å². The van der Waals surface area contributed by atoms with Crippen molar-refractivity contribution in [3.63, 3.8) is 0 Å². The van der Waals surface area contributed by atoms with E-state index in [-0.39, 0.29) is 24.0 Å². The van der Waals surface area contributed by atoms with Gasteiger partial charge in [-0.05, 0) is 37.8 Å². The van der Waals surface area contributed by atoms with Crippen LogP contribution in [0.2, 0.25) is 0 Å². The molecule has 1 amide bonds. The molecule has 2 unspecified atom stereocenters. The molecular formula is C20H30N2O2. The molecule has 3 rings (SSSR count). The zero-order chi connectivity index (χ0) is 17.0. The summed E-state index contributed by atoms with van der Waals surface area (Å²) in [5, 5.41) is 9.66. The Labute approximate surface area is 145 Å². The van der Waals surface area contributed by atoms with E-state index in [1.807, 2.05) is 11.0 Å². The van der Waals surface area contributed by atoms with Crippen molar-refractivity contribution >= 4 is 5.91 Å². The molecule has 2 aliphatic heterocycles. The van der Waals surface area contributed by atoms with Crippen molar-refractivity contribution in [2.24, 2.45) is 5.41 Å². The van der Waals surface area contributed by atoms with Crippen LogP contribution in [-0.4, -0.2) is 53.1 Å². The predicted octanol–water partition coefficient (Wildman–Crippen LogP) is 2.66. The van der Waals surface area contributed by atoms with Gasteiger partial charge >= 0.3 is 0 Å². The van der Waals surface area contributed by atoms with Crippen LogP contribution in [0.15, 0.2) is 30.3 Å². The summed E-state index contributed by atoms with van der Waals surface area (Å²) in [4.78, 5) is 17.5. The summed E-state index contributed by atoms with van der Waals surface area (Å²) < 4.78 is 0. The molecule has 0 aliphatic carbocycles. The van der Waals surface area contributed by atoms with Gasteiger partial charge in [-0.3, -0.25) is 9.69 Å². The van der Waals surface area contributed by atoms with E-state index in [0.29, 0.717) is 6.54 Å². The molecule has 1 N–H and O–H groups in total. The highest BCUT2D eigenvalue weighted by Crippen LogP contribution is 2.30. The van der Waals surface area contributed by atoms with E-state index in [1.54, 1.807) is 0 Å². The number of carbonyl (C=O) groups excluding carboxylic acids is 1. The second kappa shape index (κ2) is 7.66. The maximum absolute atomic E-state index is 13.2. The quantitative estimate of drug-likeness (QED) is 0.923. The molecule has 2 fully saturated rings. The Morgan fingerprint density at radius 1 is 1.21 bits per heavy atom. The van der Waals surface area contributed by atoms with Gasteiger partial charge in [0.2, 0.25) is 5.91 Å². The fraction of sp³-hybridized carbons (Fsp3) is 0.650. The first-order valence-electron chi connectivity index (χ1n) is 9.29. The third-order valence-corrected chi connectivity index (χ3v) is 5.60. The predicted molar refractivity (Wildman–Crippen MR) is 95.5 cm³/mol. The summed E-state index contributed by atoms with van der Waals surface area (Å²) in [6.07, 6.45) is 5.26. The van der Waals surface area contributed by atoms with Gasteiger partial charge in [0, 0.05) is 25.0 Å². The van der Waals surface area contributed by atoms with E-state index in [1.165, 1.54) is 12.0 Å². The number of piperidine rings is 2. The summed E-state index contributed by atoms with van der Waals surface area (Å²) >= 11 is 0. The smallest absolute Gasteiger partial charge is 0.239 e. The Bertz CT molecular complexity index is 548. The van der Waals surface area contributed by atoms with Crippen molar-refractivity contribution in [1.82, 2.24) is 9.80 Å². The number of amides is 1. The summed E-state index contributed by atoms with van der Waals surface area (Å²) in [5.74, 6) is 0.269. The molecule has 0 spiro atoms. The van der Waals surface area contributed by atoms with Gasteiger partial charge in [-0.25, -0.2) is 0 Å². The number of nitrogens with zero attached hydrogens (tertiary/aromatic N) is 2. The molecule has 4 heteroatoms. The van der Waals surface area contributed by atoms with Gasteiger partial charge < -0.3 is 10.0 Å². The number of hydrogen-bond donors (Lipinski definition) is 1. The van der Waals surface area contributed by atoms with Crippen LogP contribution in [0.25, 0.3) is 0 Å². The van der Waals surface area contributed by atoms with Crippen LogP contribution >= 0.6 is 0 Å². The normalized spacial score (nSPS) is 28.8. The number of aliphatic hydroxyl groups is 1. The SMILES string of the molecule is CC1(CO)CCCN(C(=O)C2CCCCN2Cc2ccccc2)C1. The Morgan fingerprint density at radius 2 is 2.00 bits per heavy atom. The van der Waals surface area contributed by atoms with Crippen molar-refractivity contribution in [1.29, 1.82) is 0 Å².